The Bertz CT molecular complexity index is 356. The number of hydrogen-bond donors (Lipinski definition) is 3. The fourth-order valence-electron chi connectivity index (χ4n) is 1.59. The number of aliphatic hydroxyl groups excluding tert-OH is 2. The lowest BCUT2D eigenvalue weighted by Gasteiger charge is -2.16. The minimum absolute atomic E-state index is 0.0188. The van der Waals surface area contributed by atoms with Gasteiger partial charge in [0.2, 0.25) is 6.79 Å². The van der Waals surface area contributed by atoms with Crippen molar-refractivity contribution in [2.75, 3.05) is 25.3 Å². The molecule has 1 aromatic carbocycles. The van der Waals surface area contributed by atoms with Crippen LogP contribution >= 0.6 is 0 Å². The number of benzene rings is 1. The van der Waals surface area contributed by atoms with E-state index in [0.717, 1.165) is 11.4 Å². The van der Waals surface area contributed by atoms with Gasteiger partial charge in [-0.2, -0.15) is 0 Å². The average Bonchev–Trinajstić information content (AvgIpc) is 2.75. The highest BCUT2D eigenvalue weighted by atomic mass is 16.7. The normalized spacial score (nSPS) is 14.9. The molecule has 2 rings (SSSR count). The van der Waals surface area contributed by atoms with Gasteiger partial charge in [0.25, 0.3) is 0 Å². The molecule has 0 aromatic heterocycles. The molecule has 5 heteroatoms. The molecular formula is C11H15NO4. The van der Waals surface area contributed by atoms with Crippen molar-refractivity contribution in [2.24, 2.45) is 0 Å². The Hall–Kier alpha value is -1.46. The van der Waals surface area contributed by atoms with Crippen LogP contribution in [0.3, 0.4) is 0 Å². The van der Waals surface area contributed by atoms with Gasteiger partial charge in [-0.3, -0.25) is 0 Å². The van der Waals surface area contributed by atoms with E-state index in [2.05, 4.69) is 5.32 Å². The molecule has 16 heavy (non-hydrogen) atoms. The Balaban J connectivity index is 2.04. The van der Waals surface area contributed by atoms with E-state index in [9.17, 15) is 0 Å². The maximum Gasteiger partial charge on any atom is 0.231 e. The molecule has 1 atom stereocenters. The standard InChI is InChI=1S/C11H15NO4/c13-4-3-9(6-14)12-8-1-2-10-11(5-8)16-7-15-10/h1-2,5,9,12-14H,3-4,6-7H2/t9-/m1/s1. The molecular weight excluding hydrogens is 210 g/mol. The minimum Gasteiger partial charge on any atom is -0.454 e. The fourth-order valence-corrected chi connectivity index (χ4v) is 1.59. The van der Waals surface area contributed by atoms with Crippen molar-refractivity contribution in [3.05, 3.63) is 18.2 Å². The van der Waals surface area contributed by atoms with Gasteiger partial charge < -0.3 is 25.0 Å². The Morgan fingerprint density at radius 1 is 1.25 bits per heavy atom. The third kappa shape index (κ3) is 2.37. The first-order valence-corrected chi connectivity index (χ1v) is 5.21. The van der Waals surface area contributed by atoms with Crippen LogP contribution in [0.2, 0.25) is 0 Å². The van der Waals surface area contributed by atoms with E-state index in [1.54, 1.807) is 0 Å². The molecule has 1 aromatic rings. The third-order valence-corrected chi connectivity index (χ3v) is 2.44. The monoisotopic (exact) mass is 225 g/mol. The van der Waals surface area contributed by atoms with Crippen molar-refractivity contribution in [1.29, 1.82) is 0 Å². The molecule has 5 nitrogen and oxygen atoms in total. The van der Waals surface area contributed by atoms with Gasteiger partial charge in [-0.25, -0.2) is 0 Å². The number of nitrogens with one attached hydrogen (secondary N) is 1. The van der Waals surface area contributed by atoms with Crippen molar-refractivity contribution >= 4 is 5.69 Å². The first-order chi connectivity index (χ1) is 7.83. The number of ether oxygens (including phenoxy) is 2. The first kappa shape index (κ1) is 11.0. The summed E-state index contributed by atoms with van der Waals surface area (Å²) in [4.78, 5) is 0. The van der Waals surface area contributed by atoms with E-state index in [1.165, 1.54) is 0 Å². The zero-order chi connectivity index (χ0) is 11.4. The quantitative estimate of drug-likeness (QED) is 0.683. The molecule has 3 N–H and O–H groups in total. The van der Waals surface area contributed by atoms with Crippen molar-refractivity contribution in [3.63, 3.8) is 0 Å². The summed E-state index contributed by atoms with van der Waals surface area (Å²) in [5.74, 6) is 1.43. The molecule has 0 amide bonds. The predicted molar refractivity (Wildman–Crippen MR) is 58.8 cm³/mol. The second kappa shape index (κ2) is 5.05. The van der Waals surface area contributed by atoms with Crippen LogP contribution in [0.1, 0.15) is 6.42 Å². The number of anilines is 1. The van der Waals surface area contributed by atoms with Crippen LogP contribution in [0.15, 0.2) is 18.2 Å². The molecule has 0 saturated carbocycles. The molecule has 1 heterocycles. The Labute approximate surface area is 93.6 Å². The van der Waals surface area contributed by atoms with E-state index < -0.39 is 0 Å². The fraction of sp³-hybridized carbons (Fsp3) is 0.455. The third-order valence-electron chi connectivity index (χ3n) is 2.44. The molecule has 0 fully saturated rings. The first-order valence-electron chi connectivity index (χ1n) is 5.21. The molecule has 0 saturated heterocycles. The summed E-state index contributed by atoms with van der Waals surface area (Å²) in [5, 5.41) is 21.0. The van der Waals surface area contributed by atoms with Crippen molar-refractivity contribution in [1.82, 2.24) is 0 Å². The van der Waals surface area contributed by atoms with Gasteiger partial charge in [0.1, 0.15) is 0 Å². The molecule has 1 aliphatic rings. The van der Waals surface area contributed by atoms with Crippen molar-refractivity contribution < 1.29 is 19.7 Å². The second-order valence-electron chi connectivity index (χ2n) is 3.60. The SMILES string of the molecule is OCC[C@H](CO)Nc1ccc2c(c1)OCO2. The van der Waals surface area contributed by atoms with Crippen molar-refractivity contribution in [3.8, 4) is 11.5 Å². The summed E-state index contributed by atoms with van der Waals surface area (Å²) in [7, 11) is 0. The van der Waals surface area contributed by atoms with E-state index in [-0.39, 0.29) is 26.0 Å². The molecule has 1 aliphatic heterocycles. The van der Waals surface area contributed by atoms with Crippen LogP contribution in [0, 0.1) is 0 Å². The maximum atomic E-state index is 9.08. The Morgan fingerprint density at radius 3 is 2.81 bits per heavy atom. The van der Waals surface area contributed by atoms with Crippen LogP contribution in [0.4, 0.5) is 5.69 Å². The van der Waals surface area contributed by atoms with Gasteiger partial charge in [-0.15, -0.1) is 0 Å². The topological polar surface area (TPSA) is 71.0 Å². The minimum atomic E-state index is -0.148. The smallest absolute Gasteiger partial charge is 0.231 e. The predicted octanol–water partition coefficient (Wildman–Crippen LogP) is 0.570. The zero-order valence-electron chi connectivity index (χ0n) is 8.85. The summed E-state index contributed by atoms with van der Waals surface area (Å²) in [5.41, 5.74) is 0.844. The highest BCUT2D eigenvalue weighted by Gasteiger charge is 2.14. The summed E-state index contributed by atoms with van der Waals surface area (Å²) in [6.45, 7) is 0.274. The lowest BCUT2D eigenvalue weighted by Crippen LogP contribution is -2.24. The van der Waals surface area contributed by atoms with Crippen LogP contribution in [-0.4, -0.2) is 36.3 Å². The van der Waals surface area contributed by atoms with E-state index in [0.29, 0.717) is 12.2 Å². The van der Waals surface area contributed by atoms with Gasteiger partial charge in [0.05, 0.1) is 12.6 Å². The van der Waals surface area contributed by atoms with Gasteiger partial charge in [-0.05, 0) is 18.6 Å². The molecule has 88 valence electrons. The number of hydrogen-bond acceptors (Lipinski definition) is 5. The number of rotatable bonds is 5. The van der Waals surface area contributed by atoms with E-state index in [1.807, 2.05) is 18.2 Å². The zero-order valence-corrected chi connectivity index (χ0v) is 8.85. The lowest BCUT2D eigenvalue weighted by molar-refractivity contribution is 0.174. The maximum absolute atomic E-state index is 9.08. The highest BCUT2D eigenvalue weighted by molar-refractivity contribution is 5.56. The van der Waals surface area contributed by atoms with Gasteiger partial charge in [0.15, 0.2) is 11.5 Å². The van der Waals surface area contributed by atoms with Gasteiger partial charge in [-0.1, -0.05) is 0 Å². The summed E-state index contributed by atoms with van der Waals surface area (Å²) in [6.07, 6.45) is 0.505. The number of aliphatic hydroxyl groups is 2. The summed E-state index contributed by atoms with van der Waals surface area (Å²) in [6, 6.07) is 5.35. The lowest BCUT2D eigenvalue weighted by atomic mass is 10.2. The Kier molecular flexibility index (Phi) is 3.48. The van der Waals surface area contributed by atoms with Crippen LogP contribution in [-0.2, 0) is 0 Å². The van der Waals surface area contributed by atoms with Crippen molar-refractivity contribution in [2.45, 2.75) is 12.5 Å². The molecule has 0 aliphatic carbocycles. The van der Waals surface area contributed by atoms with E-state index in [4.69, 9.17) is 19.7 Å². The van der Waals surface area contributed by atoms with Crippen LogP contribution in [0.5, 0.6) is 11.5 Å². The average molecular weight is 225 g/mol. The second-order valence-corrected chi connectivity index (χ2v) is 3.60. The van der Waals surface area contributed by atoms with Crippen LogP contribution < -0.4 is 14.8 Å². The molecule has 0 unspecified atom stereocenters. The molecule has 0 radical (unpaired) electrons. The molecule has 0 spiro atoms. The Morgan fingerprint density at radius 2 is 2.06 bits per heavy atom. The number of fused-ring (bicyclic) bond motifs is 1. The molecule has 0 bridgehead atoms. The largest absolute Gasteiger partial charge is 0.454 e. The van der Waals surface area contributed by atoms with Crippen LogP contribution in [0.25, 0.3) is 0 Å². The summed E-state index contributed by atoms with van der Waals surface area (Å²) >= 11 is 0. The van der Waals surface area contributed by atoms with E-state index >= 15 is 0 Å². The van der Waals surface area contributed by atoms with Gasteiger partial charge in [0, 0.05) is 18.4 Å². The highest BCUT2D eigenvalue weighted by Crippen LogP contribution is 2.34. The summed E-state index contributed by atoms with van der Waals surface area (Å²) < 4.78 is 10.4. The van der Waals surface area contributed by atoms with Gasteiger partial charge >= 0.3 is 0 Å².